The minimum absolute atomic E-state index is 0.201. The number of ether oxygens (including phenoxy) is 2. The number of hydrogen-bond acceptors (Lipinski definition) is 6. The highest BCUT2D eigenvalue weighted by atomic mass is 16.5. The van der Waals surface area contributed by atoms with Crippen LogP contribution in [0.1, 0.15) is 21.7 Å². The molecule has 3 aromatic rings. The van der Waals surface area contributed by atoms with Gasteiger partial charge in [-0.1, -0.05) is 18.2 Å². The Bertz CT molecular complexity index is 1090. The Morgan fingerprint density at radius 2 is 1.96 bits per heavy atom. The molecule has 1 aromatic heterocycles. The number of esters is 1. The van der Waals surface area contributed by atoms with Crippen molar-refractivity contribution in [2.45, 2.75) is 13.5 Å². The molecule has 0 aliphatic rings. The topological polar surface area (TPSA) is 110 Å². The second kappa shape index (κ2) is 8.34. The number of fused-ring (bicyclic) bond motifs is 1. The number of carbonyl (C=O) groups excluding carboxylic acids is 2. The molecule has 1 amide bonds. The van der Waals surface area contributed by atoms with Crippen LogP contribution in [0.5, 0.6) is 5.75 Å². The van der Waals surface area contributed by atoms with E-state index < -0.39 is 11.9 Å². The molecule has 0 unspecified atom stereocenters. The van der Waals surface area contributed by atoms with Gasteiger partial charge in [0.25, 0.3) is 11.5 Å². The number of nitrogens with one attached hydrogen (secondary N) is 2. The van der Waals surface area contributed by atoms with Crippen molar-refractivity contribution in [3.63, 3.8) is 0 Å². The number of methoxy groups -OCH3 is 1. The molecule has 0 atom stereocenters. The van der Waals surface area contributed by atoms with Crippen LogP contribution < -0.4 is 15.6 Å². The Labute approximate surface area is 160 Å². The third kappa shape index (κ3) is 4.35. The van der Waals surface area contributed by atoms with Gasteiger partial charge in [-0.15, -0.1) is 0 Å². The summed E-state index contributed by atoms with van der Waals surface area (Å²) < 4.78 is 10.2. The lowest BCUT2D eigenvalue weighted by atomic mass is 10.1. The van der Waals surface area contributed by atoms with Crippen molar-refractivity contribution in [1.82, 2.24) is 15.3 Å². The average Bonchev–Trinajstić information content (AvgIpc) is 2.71. The molecule has 3 rings (SSSR count). The quantitative estimate of drug-likeness (QED) is 0.629. The maximum absolute atomic E-state index is 12.1. The minimum Gasteiger partial charge on any atom is -0.497 e. The summed E-state index contributed by atoms with van der Waals surface area (Å²) in [4.78, 5) is 43.0. The second-order valence-corrected chi connectivity index (χ2v) is 6.06. The molecular weight excluding hydrogens is 362 g/mol. The first kappa shape index (κ1) is 19.1. The summed E-state index contributed by atoms with van der Waals surface area (Å²) in [5, 5.41) is 2.95. The number of aromatic nitrogens is 2. The van der Waals surface area contributed by atoms with Gasteiger partial charge in [0.05, 0.1) is 18.0 Å². The van der Waals surface area contributed by atoms with E-state index in [0.29, 0.717) is 22.2 Å². The van der Waals surface area contributed by atoms with Crippen molar-refractivity contribution in [2.75, 3.05) is 13.7 Å². The van der Waals surface area contributed by atoms with Crippen molar-refractivity contribution >= 4 is 22.8 Å². The van der Waals surface area contributed by atoms with E-state index in [0.717, 1.165) is 5.56 Å². The van der Waals surface area contributed by atoms with E-state index in [9.17, 15) is 14.4 Å². The molecule has 28 heavy (non-hydrogen) atoms. The molecule has 0 fully saturated rings. The molecule has 0 saturated carbocycles. The molecule has 0 saturated heterocycles. The zero-order valence-electron chi connectivity index (χ0n) is 15.4. The molecule has 0 bridgehead atoms. The zero-order valence-corrected chi connectivity index (χ0v) is 15.4. The third-order valence-corrected chi connectivity index (χ3v) is 4.08. The lowest BCUT2D eigenvalue weighted by Gasteiger charge is -2.08. The summed E-state index contributed by atoms with van der Waals surface area (Å²) >= 11 is 0. The van der Waals surface area contributed by atoms with Gasteiger partial charge in [0.15, 0.2) is 0 Å². The molecule has 0 spiro atoms. The van der Waals surface area contributed by atoms with Crippen LogP contribution in [0.25, 0.3) is 10.9 Å². The van der Waals surface area contributed by atoms with Crippen molar-refractivity contribution in [3.05, 3.63) is 69.8 Å². The predicted molar refractivity (Wildman–Crippen MR) is 102 cm³/mol. The molecule has 0 aliphatic carbocycles. The maximum Gasteiger partial charge on any atom is 0.325 e. The van der Waals surface area contributed by atoms with E-state index in [1.54, 1.807) is 36.4 Å². The summed E-state index contributed by atoms with van der Waals surface area (Å²) in [5.74, 6) is -0.302. The minimum atomic E-state index is -0.649. The first-order valence-electron chi connectivity index (χ1n) is 8.54. The number of carbonyl (C=O) groups is 2. The van der Waals surface area contributed by atoms with Crippen molar-refractivity contribution in [3.8, 4) is 5.75 Å². The maximum atomic E-state index is 12.1. The van der Waals surface area contributed by atoms with Crippen LogP contribution in [0.15, 0.2) is 47.3 Å². The SMILES string of the molecule is COc1cccc(C(=O)NCC(=O)OCc2nc3c(C)cccc3c(=O)[nH]2)c1. The molecule has 2 aromatic carbocycles. The first-order chi connectivity index (χ1) is 13.5. The highest BCUT2D eigenvalue weighted by molar-refractivity contribution is 5.96. The lowest BCUT2D eigenvalue weighted by molar-refractivity contribution is -0.143. The number of hydrogen-bond donors (Lipinski definition) is 2. The van der Waals surface area contributed by atoms with Crippen LogP contribution in [0.4, 0.5) is 0 Å². The third-order valence-electron chi connectivity index (χ3n) is 4.08. The molecular formula is C20H19N3O5. The number of aromatic amines is 1. The van der Waals surface area contributed by atoms with Gasteiger partial charge in [-0.25, -0.2) is 4.98 Å². The fourth-order valence-corrected chi connectivity index (χ4v) is 2.64. The van der Waals surface area contributed by atoms with Crippen LogP contribution in [-0.4, -0.2) is 35.5 Å². The summed E-state index contributed by atoms with van der Waals surface area (Å²) in [5.41, 5.74) is 1.47. The monoisotopic (exact) mass is 381 g/mol. The number of para-hydroxylation sites is 1. The van der Waals surface area contributed by atoms with Gasteiger partial charge in [0.1, 0.15) is 24.7 Å². The summed E-state index contributed by atoms with van der Waals surface area (Å²) in [7, 11) is 1.50. The molecule has 2 N–H and O–H groups in total. The van der Waals surface area contributed by atoms with Gasteiger partial charge in [0.2, 0.25) is 0 Å². The van der Waals surface area contributed by atoms with Gasteiger partial charge >= 0.3 is 5.97 Å². The zero-order chi connectivity index (χ0) is 20.1. The van der Waals surface area contributed by atoms with Crippen molar-refractivity contribution < 1.29 is 19.1 Å². The molecule has 8 nitrogen and oxygen atoms in total. The predicted octanol–water partition coefficient (Wildman–Crippen LogP) is 1.71. The van der Waals surface area contributed by atoms with Crippen LogP contribution in [-0.2, 0) is 16.1 Å². The second-order valence-electron chi connectivity index (χ2n) is 6.06. The van der Waals surface area contributed by atoms with Gasteiger partial charge in [-0.2, -0.15) is 0 Å². The largest absolute Gasteiger partial charge is 0.497 e. The smallest absolute Gasteiger partial charge is 0.325 e. The number of benzene rings is 2. The van der Waals surface area contributed by atoms with Gasteiger partial charge in [0, 0.05) is 5.56 Å². The van der Waals surface area contributed by atoms with Crippen LogP contribution in [0.3, 0.4) is 0 Å². The van der Waals surface area contributed by atoms with E-state index in [2.05, 4.69) is 15.3 Å². The van der Waals surface area contributed by atoms with Gasteiger partial charge < -0.3 is 19.8 Å². The number of rotatable bonds is 6. The fraction of sp³-hybridized carbons (Fsp3) is 0.200. The Hall–Kier alpha value is -3.68. The van der Waals surface area contributed by atoms with E-state index in [1.165, 1.54) is 7.11 Å². The van der Waals surface area contributed by atoms with Crippen LogP contribution >= 0.6 is 0 Å². The normalized spacial score (nSPS) is 10.5. The fourth-order valence-electron chi connectivity index (χ4n) is 2.64. The van der Waals surface area contributed by atoms with E-state index in [1.807, 2.05) is 13.0 Å². The highest BCUT2D eigenvalue weighted by Crippen LogP contribution is 2.13. The first-order valence-corrected chi connectivity index (χ1v) is 8.54. The Kier molecular flexibility index (Phi) is 5.69. The summed E-state index contributed by atoms with van der Waals surface area (Å²) in [6.07, 6.45) is 0. The highest BCUT2D eigenvalue weighted by Gasteiger charge is 2.11. The van der Waals surface area contributed by atoms with E-state index >= 15 is 0 Å². The van der Waals surface area contributed by atoms with Crippen LogP contribution in [0, 0.1) is 6.92 Å². The molecule has 144 valence electrons. The molecule has 1 heterocycles. The van der Waals surface area contributed by atoms with E-state index in [4.69, 9.17) is 9.47 Å². The number of aryl methyl sites for hydroxylation is 1. The Morgan fingerprint density at radius 3 is 2.75 bits per heavy atom. The average molecular weight is 381 g/mol. The molecule has 0 radical (unpaired) electrons. The van der Waals surface area contributed by atoms with Gasteiger partial charge in [-0.05, 0) is 36.8 Å². The van der Waals surface area contributed by atoms with Crippen LogP contribution in [0.2, 0.25) is 0 Å². The number of nitrogens with zero attached hydrogens (tertiary/aromatic N) is 1. The summed E-state index contributed by atoms with van der Waals surface area (Å²) in [6.45, 7) is 1.33. The number of H-pyrrole nitrogens is 1. The van der Waals surface area contributed by atoms with Crippen molar-refractivity contribution in [1.29, 1.82) is 0 Å². The summed E-state index contributed by atoms with van der Waals surface area (Å²) in [6, 6.07) is 11.9. The molecule has 8 heteroatoms. The van der Waals surface area contributed by atoms with E-state index in [-0.39, 0.29) is 24.5 Å². The molecule has 0 aliphatic heterocycles. The Morgan fingerprint density at radius 1 is 1.18 bits per heavy atom. The lowest BCUT2D eigenvalue weighted by Crippen LogP contribution is -2.30. The Balaban J connectivity index is 1.58. The van der Waals surface area contributed by atoms with Crippen molar-refractivity contribution in [2.24, 2.45) is 0 Å². The standard InChI is InChI=1S/C20H19N3O5/c1-12-5-3-8-15-18(12)22-16(23-20(15)26)11-28-17(24)10-21-19(25)13-6-4-7-14(9-13)27-2/h3-9H,10-11H2,1-2H3,(H,21,25)(H,22,23,26). The van der Waals surface area contributed by atoms with Gasteiger partial charge in [-0.3, -0.25) is 14.4 Å². The number of amides is 1.